The molecular formula is C39H43N9O6. The van der Waals surface area contributed by atoms with E-state index in [-0.39, 0.29) is 30.6 Å². The van der Waals surface area contributed by atoms with Gasteiger partial charge in [0.15, 0.2) is 5.82 Å². The van der Waals surface area contributed by atoms with E-state index in [1.165, 1.54) is 0 Å². The highest BCUT2D eigenvalue weighted by molar-refractivity contribution is 6.23. The molecular weight excluding hydrogens is 690 g/mol. The quantitative estimate of drug-likeness (QED) is 0.298. The number of morpholine rings is 1. The van der Waals surface area contributed by atoms with Crippen LogP contribution in [0, 0.1) is 17.8 Å². The number of hydrogen-bond donors (Lipinski definition) is 3. The largest absolute Gasteiger partial charge is 0.507 e. The van der Waals surface area contributed by atoms with E-state index in [0.717, 1.165) is 92.2 Å². The number of nitrogens with zero attached hydrogens (tertiary/aromatic N) is 7. The summed E-state index contributed by atoms with van der Waals surface area (Å²) < 4.78 is 6.23. The number of benzene rings is 2. The number of aromatic nitrogens is 2. The van der Waals surface area contributed by atoms with Crippen LogP contribution in [0.15, 0.2) is 48.5 Å². The number of aromatic hydroxyl groups is 1. The molecule has 3 N–H and O–H groups in total. The lowest BCUT2D eigenvalue weighted by molar-refractivity contribution is -0.136. The number of carbonyl (C=O) groups excluding carboxylic acids is 4. The number of anilines is 3. The average molecular weight is 734 g/mol. The molecule has 0 radical (unpaired) electrons. The van der Waals surface area contributed by atoms with Gasteiger partial charge in [-0.1, -0.05) is 12.1 Å². The summed E-state index contributed by atoms with van der Waals surface area (Å²) in [5.74, 6) is 1.20. The molecule has 1 aromatic heterocycles. The number of phenols is 1. The smallest absolute Gasteiger partial charge is 0.262 e. The first-order valence-corrected chi connectivity index (χ1v) is 19.1. The van der Waals surface area contributed by atoms with Gasteiger partial charge in [-0.15, -0.1) is 10.2 Å². The molecule has 4 amide bonds. The lowest BCUT2D eigenvalue weighted by Gasteiger charge is -2.46. The van der Waals surface area contributed by atoms with Crippen LogP contribution >= 0.6 is 0 Å². The second kappa shape index (κ2) is 13.0. The zero-order valence-electron chi connectivity index (χ0n) is 29.9. The third-order valence-electron chi connectivity index (χ3n) is 12.6. The van der Waals surface area contributed by atoms with Crippen molar-refractivity contribution in [2.24, 2.45) is 17.8 Å². The second-order valence-corrected chi connectivity index (χ2v) is 15.8. The van der Waals surface area contributed by atoms with Crippen molar-refractivity contribution in [1.82, 2.24) is 30.2 Å². The third-order valence-corrected chi connectivity index (χ3v) is 12.6. The number of hydrogen-bond acceptors (Lipinski definition) is 13. The molecule has 15 nitrogen and oxygen atoms in total. The summed E-state index contributed by atoms with van der Waals surface area (Å²) in [6.45, 7) is 9.90. The van der Waals surface area contributed by atoms with Gasteiger partial charge < -0.3 is 29.9 Å². The van der Waals surface area contributed by atoms with Crippen LogP contribution in [0.4, 0.5) is 17.2 Å². The topological polar surface area (TPSA) is 164 Å². The lowest BCUT2D eigenvalue weighted by Crippen LogP contribution is -2.58. The highest BCUT2D eigenvalue weighted by atomic mass is 16.5. The number of carbonyl (C=O) groups is 4. The normalized spacial score (nSPS) is 29.4. The Labute approximate surface area is 312 Å². The Morgan fingerprint density at radius 2 is 1.67 bits per heavy atom. The predicted molar refractivity (Wildman–Crippen MR) is 197 cm³/mol. The first kappa shape index (κ1) is 33.4. The van der Waals surface area contributed by atoms with Crippen LogP contribution in [-0.4, -0.2) is 144 Å². The van der Waals surface area contributed by atoms with Gasteiger partial charge in [0.05, 0.1) is 41.3 Å². The third kappa shape index (κ3) is 5.76. The summed E-state index contributed by atoms with van der Waals surface area (Å²) in [5.41, 5.74) is 3.87. The predicted octanol–water partition coefficient (Wildman–Crippen LogP) is 1.25. The van der Waals surface area contributed by atoms with Crippen LogP contribution in [-0.2, 0) is 14.3 Å². The summed E-state index contributed by atoms with van der Waals surface area (Å²) in [7, 11) is 0. The Hall–Kier alpha value is -5.12. The van der Waals surface area contributed by atoms with Crippen LogP contribution < -0.4 is 20.4 Å². The minimum atomic E-state index is -0.974. The summed E-state index contributed by atoms with van der Waals surface area (Å²) in [5, 5.41) is 25.0. The SMILES string of the molecule is O=C1CCC(N2C(=O)c3ccc(N4CCOC(CN5C[C@@H]6C(CN7CCN8c9cc(-c%10ccccc%10O)nnc9NC[C@H]8C7)[C@@H]6C5)C4)cc3C2=O)C(=O)N1. The maximum absolute atomic E-state index is 13.4. The minimum Gasteiger partial charge on any atom is -0.507 e. The second-order valence-electron chi connectivity index (χ2n) is 15.8. The fourth-order valence-electron chi connectivity index (χ4n) is 9.80. The molecule has 4 saturated heterocycles. The molecule has 7 heterocycles. The zero-order valence-corrected chi connectivity index (χ0v) is 29.9. The van der Waals surface area contributed by atoms with Crippen molar-refractivity contribution in [3.63, 3.8) is 0 Å². The van der Waals surface area contributed by atoms with Gasteiger partial charge in [0.1, 0.15) is 11.8 Å². The molecule has 0 spiro atoms. The number of imide groups is 2. The number of amides is 4. The number of ether oxygens (including phenoxy) is 1. The van der Waals surface area contributed by atoms with Crippen molar-refractivity contribution in [3.8, 4) is 17.0 Å². The van der Waals surface area contributed by atoms with E-state index in [1.54, 1.807) is 18.2 Å². The number of likely N-dealkylation sites (tertiary alicyclic amines) is 1. The van der Waals surface area contributed by atoms with Crippen molar-refractivity contribution in [3.05, 3.63) is 59.7 Å². The van der Waals surface area contributed by atoms with E-state index in [2.05, 4.69) is 46.5 Å². The van der Waals surface area contributed by atoms with Crippen molar-refractivity contribution in [1.29, 1.82) is 0 Å². The van der Waals surface area contributed by atoms with Crippen molar-refractivity contribution in [2.75, 3.05) is 87.2 Å². The highest BCUT2D eigenvalue weighted by Crippen LogP contribution is 2.52. The average Bonchev–Trinajstić information content (AvgIpc) is 3.49. The summed E-state index contributed by atoms with van der Waals surface area (Å²) in [4.78, 5) is 61.6. The molecule has 2 aromatic carbocycles. The molecule has 10 rings (SSSR count). The summed E-state index contributed by atoms with van der Waals surface area (Å²) >= 11 is 0. The number of rotatable bonds is 7. The number of para-hydroxylation sites is 1. The Bertz CT molecular complexity index is 2050. The van der Waals surface area contributed by atoms with Crippen molar-refractivity contribution in [2.45, 2.75) is 31.0 Å². The molecule has 5 fully saturated rings. The van der Waals surface area contributed by atoms with Crippen molar-refractivity contribution >= 4 is 40.8 Å². The zero-order chi connectivity index (χ0) is 36.7. The van der Waals surface area contributed by atoms with E-state index < -0.39 is 23.8 Å². The summed E-state index contributed by atoms with van der Waals surface area (Å²) in [6, 6.07) is 14.0. The van der Waals surface area contributed by atoms with E-state index in [1.807, 2.05) is 24.3 Å². The maximum Gasteiger partial charge on any atom is 0.262 e. The van der Waals surface area contributed by atoms with Gasteiger partial charge in [-0.2, -0.15) is 0 Å². The van der Waals surface area contributed by atoms with E-state index in [0.29, 0.717) is 48.1 Å². The number of piperazine rings is 1. The van der Waals surface area contributed by atoms with E-state index >= 15 is 0 Å². The molecule has 54 heavy (non-hydrogen) atoms. The fraction of sp³-hybridized carbons (Fsp3) is 0.487. The van der Waals surface area contributed by atoms with Crippen LogP contribution in [0.5, 0.6) is 5.75 Å². The van der Waals surface area contributed by atoms with Gasteiger partial charge in [0, 0.05) is 83.1 Å². The van der Waals surface area contributed by atoms with Crippen LogP contribution in [0.25, 0.3) is 11.3 Å². The minimum absolute atomic E-state index is 0.0334. The standard InChI is InChI=1S/C39H43N9O6/c49-34-4-2-1-3-26(34)31-14-33-36(43-42-31)40-15-23-16-44(9-10-47(23)33)19-28-29-20-45(21-30(28)29)17-24-18-46(11-12-54-24)22-5-6-25-27(13-22)39(53)48(38(25)52)32-7-8-35(50)41-37(32)51/h1-6,13-14,23-24,28-30,32,49H,7-12,15-21H2,(H,40,43)(H,41,50,51)/t23-,24?,28?,29-,30+,32?/m0/s1. The summed E-state index contributed by atoms with van der Waals surface area (Å²) in [6.07, 6.45) is 0.265. The van der Waals surface area contributed by atoms with Gasteiger partial charge in [-0.05, 0) is 60.6 Å². The Morgan fingerprint density at radius 1 is 0.833 bits per heavy atom. The first-order chi connectivity index (χ1) is 26.3. The van der Waals surface area contributed by atoms with Gasteiger partial charge in [0.25, 0.3) is 11.8 Å². The Kier molecular flexibility index (Phi) is 8.07. The maximum atomic E-state index is 13.4. The van der Waals surface area contributed by atoms with Crippen LogP contribution in [0.1, 0.15) is 33.6 Å². The van der Waals surface area contributed by atoms with Gasteiger partial charge in [0.2, 0.25) is 11.8 Å². The molecule has 3 unspecified atom stereocenters. The molecule has 3 aromatic rings. The van der Waals surface area contributed by atoms with Gasteiger partial charge in [-0.3, -0.25) is 34.3 Å². The fourth-order valence-corrected chi connectivity index (χ4v) is 9.80. The number of piperidine rings is 2. The number of fused-ring (bicyclic) bond motifs is 5. The molecule has 1 saturated carbocycles. The number of phenolic OH excluding ortho intramolecular Hbond substituents is 1. The van der Waals surface area contributed by atoms with Crippen molar-refractivity contribution < 1.29 is 29.0 Å². The molecule has 0 bridgehead atoms. The molecule has 7 aliphatic rings. The molecule has 6 atom stereocenters. The molecule has 6 aliphatic heterocycles. The van der Waals surface area contributed by atoms with Gasteiger partial charge >= 0.3 is 0 Å². The van der Waals surface area contributed by atoms with Gasteiger partial charge in [-0.25, -0.2) is 0 Å². The molecule has 1 aliphatic carbocycles. The monoisotopic (exact) mass is 733 g/mol. The number of nitrogens with one attached hydrogen (secondary N) is 2. The molecule has 280 valence electrons. The van der Waals surface area contributed by atoms with E-state index in [4.69, 9.17) is 4.74 Å². The molecule has 15 heteroatoms. The van der Waals surface area contributed by atoms with E-state index in [9.17, 15) is 24.3 Å². The highest BCUT2D eigenvalue weighted by Gasteiger charge is 2.56. The van der Waals surface area contributed by atoms with Crippen LogP contribution in [0.2, 0.25) is 0 Å². The van der Waals surface area contributed by atoms with Crippen LogP contribution in [0.3, 0.4) is 0 Å². The lowest BCUT2D eigenvalue weighted by atomic mass is 10.0. The first-order valence-electron chi connectivity index (χ1n) is 19.1. The Balaban J connectivity index is 0.716. The Morgan fingerprint density at radius 3 is 2.50 bits per heavy atom.